The maximum Gasteiger partial charge on any atom is 0.294 e. The highest BCUT2D eigenvalue weighted by Gasteiger charge is 2.26. The molecule has 8 heteroatoms. The van der Waals surface area contributed by atoms with Crippen LogP contribution < -0.4 is 4.90 Å². The number of rotatable bonds is 3. The molecule has 0 radical (unpaired) electrons. The molecule has 130 valence electrons. The Morgan fingerprint density at radius 1 is 1.00 bits per heavy atom. The van der Waals surface area contributed by atoms with Crippen LogP contribution in [-0.2, 0) is 0 Å². The molecule has 1 aliphatic heterocycles. The van der Waals surface area contributed by atoms with Gasteiger partial charge in [0, 0.05) is 47.9 Å². The Balaban J connectivity index is 1.72. The van der Waals surface area contributed by atoms with E-state index in [0.717, 1.165) is 0 Å². The van der Waals surface area contributed by atoms with Gasteiger partial charge in [0.15, 0.2) is 0 Å². The molecule has 0 aromatic heterocycles. The van der Waals surface area contributed by atoms with Crippen molar-refractivity contribution in [1.29, 1.82) is 0 Å². The number of nitro groups is 1. The molecular formula is C17H15Cl2N3O3. The molecule has 0 aliphatic carbocycles. The summed E-state index contributed by atoms with van der Waals surface area (Å²) in [6.07, 6.45) is 0. The normalized spacial score (nSPS) is 14.5. The van der Waals surface area contributed by atoms with Gasteiger partial charge in [-0.05, 0) is 30.3 Å². The topological polar surface area (TPSA) is 66.7 Å². The van der Waals surface area contributed by atoms with Crippen molar-refractivity contribution in [2.45, 2.75) is 0 Å². The van der Waals surface area contributed by atoms with Crippen LogP contribution in [0.4, 0.5) is 11.4 Å². The van der Waals surface area contributed by atoms with E-state index in [2.05, 4.69) is 0 Å². The highest BCUT2D eigenvalue weighted by molar-refractivity contribution is 6.31. The number of amides is 1. The van der Waals surface area contributed by atoms with Crippen molar-refractivity contribution in [3.8, 4) is 0 Å². The summed E-state index contributed by atoms with van der Waals surface area (Å²) < 4.78 is 0. The highest BCUT2D eigenvalue weighted by Crippen LogP contribution is 2.31. The lowest BCUT2D eigenvalue weighted by Gasteiger charge is -2.35. The summed E-state index contributed by atoms with van der Waals surface area (Å²) in [5, 5.41) is 12.1. The molecule has 1 saturated heterocycles. The van der Waals surface area contributed by atoms with Gasteiger partial charge in [-0.2, -0.15) is 0 Å². The smallest absolute Gasteiger partial charge is 0.294 e. The number of halogens is 2. The van der Waals surface area contributed by atoms with E-state index < -0.39 is 4.92 Å². The van der Waals surface area contributed by atoms with Crippen LogP contribution in [-0.4, -0.2) is 41.9 Å². The number of piperazine rings is 1. The monoisotopic (exact) mass is 379 g/mol. The van der Waals surface area contributed by atoms with Gasteiger partial charge < -0.3 is 9.80 Å². The fourth-order valence-corrected chi connectivity index (χ4v) is 3.22. The molecule has 2 aromatic rings. The number of hydrogen-bond acceptors (Lipinski definition) is 4. The molecule has 0 atom stereocenters. The second kappa shape index (κ2) is 7.29. The summed E-state index contributed by atoms with van der Waals surface area (Å²) in [5.74, 6) is -0.0900. The van der Waals surface area contributed by atoms with Crippen LogP contribution in [0.5, 0.6) is 0 Å². The maximum absolute atomic E-state index is 12.5. The molecule has 6 nitrogen and oxygen atoms in total. The summed E-state index contributed by atoms with van der Waals surface area (Å²) in [5.41, 5.74) is 1.03. The lowest BCUT2D eigenvalue weighted by atomic mass is 10.1. The van der Waals surface area contributed by atoms with Gasteiger partial charge in [0.05, 0.1) is 4.92 Å². The first kappa shape index (κ1) is 17.5. The van der Waals surface area contributed by atoms with E-state index in [1.54, 1.807) is 41.3 Å². The van der Waals surface area contributed by atoms with Crippen LogP contribution in [0.25, 0.3) is 0 Å². The van der Waals surface area contributed by atoms with Crippen LogP contribution >= 0.6 is 23.2 Å². The van der Waals surface area contributed by atoms with Gasteiger partial charge in [0.2, 0.25) is 0 Å². The molecule has 0 spiro atoms. The Morgan fingerprint density at radius 3 is 2.32 bits per heavy atom. The largest absolute Gasteiger partial charge is 0.362 e. The first-order valence-electron chi connectivity index (χ1n) is 7.69. The van der Waals surface area contributed by atoms with Gasteiger partial charge in [-0.25, -0.2) is 0 Å². The van der Waals surface area contributed by atoms with Crippen LogP contribution in [0.3, 0.4) is 0 Å². The van der Waals surface area contributed by atoms with E-state index in [0.29, 0.717) is 47.5 Å². The predicted octanol–water partition coefficient (Wildman–Crippen LogP) is 3.86. The lowest BCUT2D eigenvalue weighted by Crippen LogP contribution is -2.49. The van der Waals surface area contributed by atoms with Gasteiger partial charge in [-0.3, -0.25) is 14.9 Å². The van der Waals surface area contributed by atoms with Crippen LogP contribution in [0.15, 0.2) is 42.5 Å². The zero-order chi connectivity index (χ0) is 18.0. The zero-order valence-corrected chi connectivity index (χ0v) is 14.7. The van der Waals surface area contributed by atoms with Crippen molar-refractivity contribution in [3.05, 3.63) is 68.2 Å². The Bertz CT molecular complexity index is 821. The molecule has 2 aromatic carbocycles. The predicted molar refractivity (Wildman–Crippen MR) is 97.7 cm³/mol. The van der Waals surface area contributed by atoms with Crippen molar-refractivity contribution >= 4 is 40.5 Å². The Morgan fingerprint density at radius 2 is 1.68 bits per heavy atom. The highest BCUT2D eigenvalue weighted by atomic mass is 35.5. The van der Waals surface area contributed by atoms with Gasteiger partial charge >= 0.3 is 0 Å². The molecule has 0 saturated carbocycles. The molecule has 3 rings (SSSR count). The second-order valence-electron chi connectivity index (χ2n) is 5.68. The van der Waals surface area contributed by atoms with E-state index in [1.165, 1.54) is 6.07 Å². The SMILES string of the molecule is O=C(c1cccc(Cl)c1)N1CCN(c2ccc(Cl)cc2[N+](=O)[O-])CC1. The van der Waals surface area contributed by atoms with Gasteiger partial charge in [-0.1, -0.05) is 29.3 Å². The number of hydrogen-bond donors (Lipinski definition) is 0. The first-order chi connectivity index (χ1) is 12.0. The Labute approximate surface area is 154 Å². The van der Waals surface area contributed by atoms with Crippen molar-refractivity contribution in [2.75, 3.05) is 31.1 Å². The van der Waals surface area contributed by atoms with Gasteiger partial charge in [0.25, 0.3) is 11.6 Å². The molecular weight excluding hydrogens is 365 g/mol. The Kier molecular flexibility index (Phi) is 5.11. The van der Waals surface area contributed by atoms with Gasteiger partial charge in [0.1, 0.15) is 5.69 Å². The number of benzene rings is 2. The van der Waals surface area contributed by atoms with Crippen LogP contribution in [0.1, 0.15) is 10.4 Å². The van der Waals surface area contributed by atoms with Gasteiger partial charge in [-0.15, -0.1) is 0 Å². The molecule has 0 unspecified atom stereocenters. The first-order valence-corrected chi connectivity index (χ1v) is 8.45. The second-order valence-corrected chi connectivity index (χ2v) is 6.55. The quantitative estimate of drug-likeness (QED) is 0.599. The third-order valence-electron chi connectivity index (χ3n) is 4.11. The molecule has 0 bridgehead atoms. The summed E-state index contributed by atoms with van der Waals surface area (Å²) in [7, 11) is 0. The average Bonchev–Trinajstić information content (AvgIpc) is 2.61. The minimum absolute atomic E-state index is 0.0258. The van der Waals surface area contributed by atoms with Crippen molar-refractivity contribution in [1.82, 2.24) is 4.90 Å². The molecule has 1 heterocycles. The van der Waals surface area contributed by atoms with Crippen molar-refractivity contribution in [2.24, 2.45) is 0 Å². The molecule has 25 heavy (non-hydrogen) atoms. The summed E-state index contributed by atoms with van der Waals surface area (Å²) in [6.45, 7) is 1.97. The number of nitro benzene ring substituents is 1. The van der Waals surface area contributed by atoms with E-state index >= 15 is 0 Å². The van der Waals surface area contributed by atoms with E-state index in [9.17, 15) is 14.9 Å². The number of anilines is 1. The molecule has 1 fully saturated rings. The lowest BCUT2D eigenvalue weighted by molar-refractivity contribution is -0.384. The summed E-state index contributed by atoms with van der Waals surface area (Å²) in [6, 6.07) is 11.5. The summed E-state index contributed by atoms with van der Waals surface area (Å²) >= 11 is 11.8. The van der Waals surface area contributed by atoms with Crippen LogP contribution in [0.2, 0.25) is 10.0 Å². The molecule has 0 N–H and O–H groups in total. The third-order valence-corrected chi connectivity index (χ3v) is 4.58. The minimum atomic E-state index is -0.440. The van der Waals surface area contributed by atoms with Crippen LogP contribution in [0, 0.1) is 10.1 Å². The van der Waals surface area contributed by atoms with E-state index in [1.807, 2.05) is 4.90 Å². The number of carbonyl (C=O) groups is 1. The standard InChI is InChI=1S/C17H15Cl2N3O3/c18-13-3-1-2-12(10-13)17(23)21-8-6-20(7-9-21)15-5-4-14(19)11-16(15)22(24)25/h1-5,10-11H,6-9H2. The van der Waals surface area contributed by atoms with E-state index in [-0.39, 0.29) is 11.6 Å². The van der Waals surface area contributed by atoms with Crippen molar-refractivity contribution < 1.29 is 9.72 Å². The van der Waals surface area contributed by atoms with E-state index in [4.69, 9.17) is 23.2 Å². The fraction of sp³-hybridized carbons (Fsp3) is 0.235. The maximum atomic E-state index is 12.5. The fourth-order valence-electron chi connectivity index (χ4n) is 2.86. The average molecular weight is 380 g/mol. The van der Waals surface area contributed by atoms with Crippen molar-refractivity contribution in [3.63, 3.8) is 0 Å². The number of nitrogens with zero attached hydrogens (tertiary/aromatic N) is 3. The Hall–Kier alpha value is -2.31. The minimum Gasteiger partial charge on any atom is -0.362 e. The molecule has 1 amide bonds. The number of carbonyl (C=O) groups excluding carboxylic acids is 1. The zero-order valence-electron chi connectivity index (χ0n) is 13.2. The summed E-state index contributed by atoms with van der Waals surface area (Å²) in [4.78, 5) is 27.0. The third kappa shape index (κ3) is 3.86. The molecule has 1 aliphatic rings.